The van der Waals surface area contributed by atoms with Gasteiger partial charge in [0.25, 0.3) is 0 Å². The molecule has 12 heavy (non-hydrogen) atoms. The molecule has 0 atom stereocenters. The van der Waals surface area contributed by atoms with Gasteiger partial charge in [-0.05, 0) is 20.0 Å². The highest BCUT2D eigenvalue weighted by Gasteiger charge is 2.47. The van der Waals surface area contributed by atoms with Crippen molar-refractivity contribution in [1.82, 2.24) is 9.80 Å². The maximum absolute atomic E-state index is 10.7. The summed E-state index contributed by atoms with van der Waals surface area (Å²) >= 11 is 0. The monoisotopic (exact) mass is 169 g/mol. The van der Waals surface area contributed by atoms with Crippen molar-refractivity contribution >= 4 is 6.03 Å². The van der Waals surface area contributed by atoms with Crippen LogP contribution in [0.3, 0.4) is 0 Å². The van der Waals surface area contributed by atoms with E-state index in [1.165, 1.54) is 6.42 Å². The highest BCUT2D eigenvalue weighted by atomic mass is 16.2. The van der Waals surface area contributed by atoms with Gasteiger partial charge in [-0.3, -0.25) is 0 Å². The SMILES string of the molecule is CN1CCC2(C1)CN(C(N)=O)C2. The number of nitrogens with zero attached hydrogens (tertiary/aromatic N) is 2. The minimum Gasteiger partial charge on any atom is -0.351 e. The molecule has 0 aromatic heterocycles. The fourth-order valence-electron chi connectivity index (χ4n) is 2.34. The lowest BCUT2D eigenvalue weighted by Gasteiger charge is -2.47. The lowest BCUT2D eigenvalue weighted by molar-refractivity contribution is 0.0446. The standard InChI is InChI=1S/C8H15N3O/c1-10-3-2-8(4-10)5-11(6-8)7(9)12/h2-6H2,1H3,(H2,9,12). The average molecular weight is 169 g/mol. The smallest absolute Gasteiger partial charge is 0.314 e. The van der Waals surface area contributed by atoms with Gasteiger partial charge >= 0.3 is 6.03 Å². The van der Waals surface area contributed by atoms with Crippen LogP contribution in [-0.4, -0.2) is 49.1 Å². The number of urea groups is 1. The maximum Gasteiger partial charge on any atom is 0.314 e. The van der Waals surface area contributed by atoms with Gasteiger partial charge in [0.05, 0.1) is 0 Å². The van der Waals surface area contributed by atoms with Crippen LogP contribution in [0.2, 0.25) is 0 Å². The fourth-order valence-corrected chi connectivity index (χ4v) is 2.34. The first-order valence-electron chi connectivity index (χ1n) is 4.34. The number of carbonyl (C=O) groups is 1. The third kappa shape index (κ3) is 1.06. The molecule has 2 rings (SSSR count). The molecule has 4 heteroatoms. The summed E-state index contributed by atoms with van der Waals surface area (Å²) in [5.74, 6) is 0. The van der Waals surface area contributed by atoms with E-state index in [0.29, 0.717) is 5.41 Å². The largest absolute Gasteiger partial charge is 0.351 e. The van der Waals surface area contributed by atoms with Crippen LogP contribution in [0.25, 0.3) is 0 Å². The van der Waals surface area contributed by atoms with Crippen molar-refractivity contribution in [3.05, 3.63) is 0 Å². The zero-order valence-electron chi connectivity index (χ0n) is 7.42. The first kappa shape index (κ1) is 7.86. The molecule has 2 fully saturated rings. The molecule has 0 saturated carbocycles. The topological polar surface area (TPSA) is 49.6 Å². The predicted molar refractivity (Wildman–Crippen MR) is 45.7 cm³/mol. The normalized spacial score (nSPS) is 27.6. The highest BCUT2D eigenvalue weighted by Crippen LogP contribution is 2.38. The summed E-state index contributed by atoms with van der Waals surface area (Å²) < 4.78 is 0. The van der Waals surface area contributed by atoms with Crippen LogP contribution in [0.1, 0.15) is 6.42 Å². The molecule has 2 saturated heterocycles. The van der Waals surface area contributed by atoms with Gasteiger partial charge < -0.3 is 15.5 Å². The van der Waals surface area contributed by atoms with Crippen LogP contribution in [0.4, 0.5) is 4.79 Å². The molecule has 0 aliphatic carbocycles. The van der Waals surface area contributed by atoms with Crippen molar-refractivity contribution in [2.75, 3.05) is 33.2 Å². The van der Waals surface area contributed by atoms with Gasteiger partial charge in [-0.1, -0.05) is 0 Å². The van der Waals surface area contributed by atoms with E-state index in [1.54, 1.807) is 4.90 Å². The minimum absolute atomic E-state index is 0.268. The number of rotatable bonds is 0. The first-order valence-corrected chi connectivity index (χ1v) is 4.34. The van der Waals surface area contributed by atoms with E-state index < -0.39 is 0 Å². The molecular formula is C8H15N3O. The van der Waals surface area contributed by atoms with Gasteiger partial charge in [0, 0.05) is 25.0 Å². The number of carbonyl (C=O) groups excluding carboxylic acids is 1. The summed E-state index contributed by atoms with van der Waals surface area (Å²) in [4.78, 5) is 14.8. The molecule has 68 valence electrons. The molecule has 2 N–H and O–H groups in total. The molecule has 0 unspecified atom stereocenters. The summed E-state index contributed by atoms with van der Waals surface area (Å²) in [5.41, 5.74) is 5.55. The highest BCUT2D eigenvalue weighted by molar-refractivity contribution is 5.73. The third-order valence-electron chi connectivity index (χ3n) is 2.99. The number of hydrogen-bond donors (Lipinski definition) is 1. The van der Waals surface area contributed by atoms with Crippen molar-refractivity contribution in [1.29, 1.82) is 0 Å². The Morgan fingerprint density at radius 2 is 2.08 bits per heavy atom. The molecule has 0 aromatic rings. The molecule has 2 aliphatic rings. The number of primary amides is 1. The second-order valence-electron chi connectivity index (χ2n) is 4.18. The predicted octanol–water partition coefficient (Wildman–Crippen LogP) is -0.297. The molecule has 0 bridgehead atoms. The van der Waals surface area contributed by atoms with Gasteiger partial charge in [-0.15, -0.1) is 0 Å². The van der Waals surface area contributed by atoms with Crippen LogP contribution in [-0.2, 0) is 0 Å². The Morgan fingerprint density at radius 3 is 2.50 bits per heavy atom. The van der Waals surface area contributed by atoms with Crippen LogP contribution in [0.5, 0.6) is 0 Å². The molecule has 1 spiro atoms. The summed E-state index contributed by atoms with van der Waals surface area (Å²) in [6.45, 7) is 4.02. The van der Waals surface area contributed by atoms with Gasteiger partial charge in [-0.25, -0.2) is 4.79 Å². The van der Waals surface area contributed by atoms with E-state index >= 15 is 0 Å². The molecule has 0 radical (unpaired) electrons. The average Bonchev–Trinajstić information content (AvgIpc) is 2.27. The number of hydrogen-bond acceptors (Lipinski definition) is 2. The summed E-state index contributed by atoms with van der Waals surface area (Å²) in [7, 11) is 2.13. The first-order chi connectivity index (χ1) is 5.61. The van der Waals surface area contributed by atoms with Crippen LogP contribution in [0, 0.1) is 5.41 Å². The Balaban J connectivity index is 1.91. The summed E-state index contributed by atoms with van der Waals surface area (Å²) in [6, 6.07) is -0.268. The van der Waals surface area contributed by atoms with Crippen molar-refractivity contribution in [2.24, 2.45) is 11.1 Å². The van der Waals surface area contributed by atoms with Crippen molar-refractivity contribution in [3.63, 3.8) is 0 Å². The Hall–Kier alpha value is -0.770. The third-order valence-corrected chi connectivity index (χ3v) is 2.99. The van der Waals surface area contributed by atoms with Crippen molar-refractivity contribution in [2.45, 2.75) is 6.42 Å². The Kier molecular flexibility index (Phi) is 1.54. The zero-order valence-corrected chi connectivity index (χ0v) is 7.42. The Morgan fingerprint density at radius 1 is 1.42 bits per heavy atom. The Bertz CT molecular complexity index is 210. The summed E-state index contributed by atoms with van der Waals surface area (Å²) in [6.07, 6.45) is 1.22. The lowest BCUT2D eigenvalue weighted by atomic mass is 9.79. The van der Waals surface area contributed by atoms with Crippen molar-refractivity contribution < 1.29 is 4.79 Å². The Labute approximate surface area is 72.3 Å². The number of nitrogens with two attached hydrogens (primary N) is 1. The second-order valence-corrected chi connectivity index (χ2v) is 4.18. The van der Waals surface area contributed by atoms with Gasteiger partial charge in [-0.2, -0.15) is 0 Å². The summed E-state index contributed by atoms with van der Waals surface area (Å²) in [5, 5.41) is 0. The number of likely N-dealkylation sites (tertiary alicyclic amines) is 2. The van der Waals surface area contributed by atoms with E-state index in [9.17, 15) is 4.79 Å². The van der Waals surface area contributed by atoms with Gasteiger partial charge in [0.15, 0.2) is 0 Å². The van der Waals surface area contributed by atoms with E-state index in [2.05, 4.69) is 11.9 Å². The minimum atomic E-state index is -0.268. The quantitative estimate of drug-likeness (QED) is 0.541. The van der Waals surface area contributed by atoms with E-state index in [0.717, 1.165) is 26.2 Å². The molecule has 2 aliphatic heterocycles. The maximum atomic E-state index is 10.7. The molecule has 4 nitrogen and oxygen atoms in total. The molecule has 0 aromatic carbocycles. The zero-order chi connectivity index (χ0) is 8.77. The lowest BCUT2D eigenvalue weighted by Crippen LogP contribution is -2.60. The van der Waals surface area contributed by atoms with Crippen LogP contribution < -0.4 is 5.73 Å². The van der Waals surface area contributed by atoms with E-state index in [4.69, 9.17) is 5.73 Å². The van der Waals surface area contributed by atoms with Crippen LogP contribution >= 0.6 is 0 Å². The van der Waals surface area contributed by atoms with Crippen molar-refractivity contribution in [3.8, 4) is 0 Å². The molecular weight excluding hydrogens is 154 g/mol. The number of amides is 2. The van der Waals surface area contributed by atoms with E-state index in [-0.39, 0.29) is 6.03 Å². The second kappa shape index (κ2) is 2.36. The van der Waals surface area contributed by atoms with Gasteiger partial charge in [0.1, 0.15) is 0 Å². The van der Waals surface area contributed by atoms with E-state index in [1.807, 2.05) is 0 Å². The molecule has 2 heterocycles. The van der Waals surface area contributed by atoms with Gasteiger partial charge in [0.2, 0.25) is 0 Å². The fraction of sp³-hybridized carbons (Fsp3) is 0.875. The molecule has 2 amide bonds. The van der Waals surface area contributed by atoms with Crippen LogP contribution in [0.15, 0.2) is 0 Å².